The molecule has 0 fully saturated rings. The first-order valence-corrected chi connectivity index (χ1v) is 9.42. The standard InChI is InChI=1S/C22H19F3N2O5/c1-31-15-5-6-16-13(10-20(29)32-18(16)11-15)9-17(21(26)30)27-19(28)8-12-3-2-4-14(7-12)22(23,24)25/h2-7,10-11,17H,8-9H2,1H3,(H2,26,30)(H,27,28)/t17-/m0/s1. The van der Waals surface area contributed by atoms with Crippen LogP contribution in [0, 0.1) is 0 Å². The SMILES string of the molecule is COc1ccc2c(C[C@H](NC(=O)Cc3cccc(C(F)(F)F)c3)C(N)=O)cc(=O)oc2c1. The van der Waals surface area contributed by atoms with Gasteiger partial charge in [0.25, 0.3) is 0 Å². The number of hydrogen-bond donors (Lipinski definition) is 2. The van der Waals surface area contributed by atoms with E-state index in [1.807, 2.05) is 0 Å². The lowest BCUT2D eigenvalue weighted by atomic mass is 10.0. The average molecular weight is 448 g/mol. The van der Waals surface area contributed by atoms with Gasteiger partial charge in [0.15, 0.2) is 0 Å². The lowest BCUT2D eigenvalue weighted by Crippen LogP contribution is -2.46. The Balaban J connectivity index is 1.80. The molecule has 0 unspecified atom stereocenters. The summed E-state index contributed by atoms with van der Waals surface area (Å²) in [6.45, 7) is 0. The maximum Gasteiger partial charge on any atom is 0.416 e. The van der Waals surface area contributed by atoms with Gasteiger partial charge in [0, 0.05) is 23.9 Å². The van der Waals surface area contributed by atoms with E-state index >= 15 is 0 Å². The number of rotatable bonds is 7. The summed E-state index contributed by atoms with van der Waals surface area (Å²) < 4.78 is 48.9. The summed E-state index contributed by atoms with van der Waals surface area (Å²) in [6, 6.07) is 9.09. The number of ether oxygens (including phenoxy) is 1. The molecule has 0 aliphatic rings. The van der Waals surface area contributed by atoms with Crippen molar-refractivity contribution >= 4 is 22.8 Å². The highest BCUT2D eigenvalue weighted by atomic mass is 19.4. The van der Waals surface area contributed by atoms with Gasteiger partial charge in [-0.3, -0.25) is 9.59 Å². The number of nitrogens with two attached hydrogens (primary N) is 1. The first-order chi connectivity index (χ1) is 15.1. The Hall–Kier alpha value is -3.82. The van der Waals surface area contributed by atoms with Gasteiger partial charge in [-0.15, -0.1) is 0 Å². The quantitative estimate of drug-likeness (QED) is 0.540. The van der Waals surface area contributed by atoms with E-state index in [0.717, 1.165) is 12.1 Å². The summed E-state index contributed by atoms with van der Waals surface area (Å²) >= 11 is 0. The van der Waals surface area contributed by atoms with Crippen molar-refractivity contribution in [2.75, 3.05) is 7.11 Å². The minimum absolute atomic E-state index is 0.113. The molecule has 32 heavy (non-hydrogen) atoms. The summed E-state index contributed by atoms with van der Waals surface area (Å²) in [7, 11) is 1.45. The van der Waals surface area contributed by atoms with Crippen molar-refractivity contribution in [3.63, 3.8) is 0 Å². The summed E-state index contributed by atoms with van der Waals surface area (Å²) in [5, 5.41) is 2.94. The van der Waals surface area contributed by atoms with E-state index in [-0.39, 0.29) is 24.0 Å². The molecule has 0 bridgehead atoms. The third-order valence-corrected chi connectivity index (χ3v) is 4.76. The van der Waals surface area contributed by atoms with Crippen molar-refractivity contribution in [1.82, 2.24) is 5.32 Å². The number of halogens is 3. The molecule has 0 aliphatic carbocycles. The van der Waals surface area contributed by atoms with Gasteiger partial charge in [-0.25, -0.2) is 4.79 Å². The first kappa shape index (κ1) is 22.9. The fourth-order valence-corrected chi connectivity index (χ4v) is 3.24. The van der Waals surface area contributed by atoms with Crippen LogP contribution < -0.4 is 21.4 Å². The summed E-state index contributed by atoms with van der Waals surface area (Å²) in [5.41, 5.74) is 4.62. The van der Waals surface area contributed by atoms with E-state index in [4.69, 9.17) is 14.9 Å². The van der Waals surface area contributed by atoms with Crippen LogP contribution >= 0.6 is 0 Å². The molecule has 10 heteroatoms. The second-order valence-electron chi connectivity index (χ2n) is 7.05. The molecule has 1 aromatic heterocycles. The highest BCUT2D eigenvalue weighted by Crippen LogP contribution is 2.29. The highest BCUT2D eigenvalue weighted by Gasteiger charge is 2.30. The third-order valence-electron chi connectivity index (χ3n) is 4.76. The molecule has 1 heterocycles. The van der Waals surface area contributed by atoms with Crippen molar-refractivity contribution in [1.29, 1.82) is 0 Å². The second-order valence-corrected chi connectivity index (χ2v) is 7.05. The molecule has 0 spiro atoms. The molecule has 1 atom stereocenters. The van der Waals surface area contributed by atoms with E-state index in [1.54, 1.807) is 12.1 Å². The van der Waals surface area contributed by atoms with Crippen LogP contribution in [0.4, 0.5) is 13.2 Å². The van der Waals surface area contributed by atoms with Crippen molar-refractivity contribution in [3.8, 4) is 5.75 Å². The Kier molecular flexibility index (Phi) is 6.52. The number of hydrogen-bond acceptors (Lipinski definition) is 5. The van der Waals surface area contributed by atoms with Crippen molar-refractivity contribution in [2.24, 2.45) is 5.73 Å². The van der Waals surface area contributed by atoms with Crippen LogP contribution in [0.3, 0.4) is 0 Å². The van der Waals surface area contributed by atoms with Gasteiger partial charge in [0.05, 0.1) is 19.1 Å². The highest BCUT2D eigenvalue weighted by molar-refractivity contribution is 5.89. The van der Waals surface area contributed by atoms with E-state index in [1.165, 1.54) is 31.4 Å². The minimum atomic E-state index is -4.54. The second kappa shape index (κ2) is 9.13. The van der Waals surface area contributed by atoms with E-state index < -0.39 is 35.2 Å². The van der Waals surface area contributed by atoms with Crippen LogP contribution in [0.25, 0.3) is 11.0 Å². The third kappa shape index (κ3) is 5.45. The fraction of sp³-hybridized carbons (Fsp3) is 0.227. The summed E-state index contributed by atoms with van der Waals surface area (Å²) in [4.78, 5) is 36.3. The number of primary amides is 1. The maximum absolute atomic E-state index is 12.9. The monoisotopic (exact) mass is 448 g/mol. The molecular formula is C22H19F3N2O5. The first-order valence-electron chi connectivity index (χ1n) is 9.42. The predicted octanol–water partition coefficient (Wildman–Crippen LogP) is 2.58. The molecule has 0 radical (unpaired) electrons. The topological polar surface area (TPSA) is 112 Å². The fourth-order valence-electron chi connectivity index (χ4n) is 3.24. The molecular weight excluding hydrogens is 429 g/mol. The van der Waals surface area contributed by atoms with E-state index in [0.29, 0.717) is 16.7 Å². The van der Waals surface area contributed by atoms with Crippen LogP contribution in [0.5, 0.6) is 5.75 Å². The lowest BCUT2D eigenvalue weighted by Gasteiger charge is -2.17. The zero-order valence-corrected chi connectivity index (χ0v) is 16.9. The Morgan fingerprint density at radius 3 is 2.56 bits per heavy atom. The van der Waals surface area contributed by atoms with Gasteiger partial charge < -0.3 is 20.2 Å². The number of methoxy groups -OCH3 is 1. The van der Waals surface area contributed by atoms with Gasteiger partial charge in [0.2, 0.25) is 11.8 Å². The lowest BCUT2D eigenvalue weighted by molar-refractivity contribution is -0.137. The average Bonchev–Trinajstić information content (AvgIpc) is 2.72. The molecule has 3 rings (SSSR count). The molecule has 2 aromatic carbocycles. The number of carbonyl (C=O) groups excluding carboxylic acids is 2. The smallest absolute Gasteiger partial charge is 0.416 e. The maximum atomic E-state index is 12.9. The largest absolute Gasteiger partial charge is 0.497 e. The molecule has 0 aliphatic heterocycles. The Morgan fingerprint density at radius 2 is 1.91 bits per heavy atom. The van der Waals surface area contributed by atoms with Crippen LogP contribution in [-0.4, -0.2) is 25.0 Å². The van der Waals surface area contributed by atoms with E-state index in [2.05, 4.69) is 5.32 Å². The number of carbonyl (C=O) groups is 2. The minimum Gasteiger partial charge on any atom is -0.497 e. The van der Waals surface area contributed by atoms with Crippen LogP contribution in [0.1, 0.15) is 16.7 Å². The van der Waals surface area contributed by atoms with Gasteiger partial charge in [0.1, 0.15) is 17.4 Å². The Bertz CT molecular complexity index is 1220. The molecule has 168 valence electrons. The number of fused-ring (bicyclic) bond motifs is 1. The van der Waals surface area contributed by atoms with Crippen LogP contribution in [-0.2, 0) is 28.6 Å². The van der Waals surface area contributed by atoms with Crippen molar-refractivity contribution < 1.29 is 31.9 Å². The Labute approximate surface area is 180 Å². The van der Waals surface area contributed by atoms with Gasteiger partial charge in [-0.2, -0.15) is 13.2 Å². The normalized spacial score (nSPS) is 12.4. The number of amides is 2. The number of benzene rings is 2. The molecule has 7 nitrogen and oxygen atoms in total. The summed E-state index contributed by atoms with van der Waals surface area (Å²) in [5.74, 6) is -1.10. The van der Waals surface area contributed by atoms with Crippen molar-refractivity contribution in [2.45, 2.75) is 25.1 Å². The molecule has 3 N–H and O–H groups in total. The van der Waals surface area contributed by atoms with E-state index in [9.17, 15) is 27.6 Å². The number of nitrogens with one attached hydrogen (secondary N) is 1. The molecule has 0 saturated carbocycles. The molecule has 0 saturated heterocycles. The summed E-state index contributed by atoms with van der Waals surface area (Å²) in [6.07, 6.45) is -5.04. The molecule has 2 amide bonds. The Morgan fingerprint density at radius 1 is 1.16 bits per heavy atom. The molecule has 3 aromatic rings. The van der Waals surface area contributed by atoms with Crippen LogP contribution in [0.15, 0.2) is 57.7 Å². The zero-order valence-electron chi connectivity index (χ0n) is 16.9. The van der Waals surface area contributed by atoms with Gasteiger partial charge in [-0.1, -0.05) is 18.2 Å². The van der Waals surface area contributed by atoms with Crippen LogP contribution in [0.2, 0.25) is 0 Å². The van der Waals surface area contributed by atoms with Gasteiger partial charge >= 0.3 is 11.8 Å². The van der Waals surface area contributed by atoms with Gasteiger partial charge in [-0.05, 0) is 29.3 Å². The zero-order chi connectivity index (χ0) is 23.5. The van der Waals surface area contributed by atoms with Crippen molar-refractivity contribution in [3.05, 3.63) is 75.6 Å². The predicted molar refractivity (Wildman–Crippen MR) is 109 cm³/mol. The number of alkyl halides is 3.